The van der Waals surface area contributed by atoms with Gasteiger partial charge in [0, 0.05) is 26.2 Å². The topological polar surface area (TPSA) is 35.6 Å². The van der Waals surface area contributed by atoms with Gasteiger partial charge in [-0.2, -0.15) is 0 Å². The van der Waals surface area contributed by atoms with E-state index in [0.29, 0.717) is 18.0 Å². The summed E-state index contributed by atoms with van der Waals surface area (Å²) in [5.74, 6) is 0.651. The molecule has 18 heavy (non-hydrogen) atoms. The minimum absolute atomic E-state index is 0.216. The highest BCUT2D eigenvalue weighted by molar-refractivity contribution is 5.76. The van der Waals surface area contributed by atoms with Gasteiger partial charge >= 0.3 is 6.03 Å². The van der Waals surface area contributed by atoms with Crippen molar-refractivity contribution >= 4 is 6.03 Å². The maximum Gasteiger partial charge on any atom is 0.320 e. The fraction of sp³-hybridized carbons (Fsp3) is 0.929. The number of urea groups is 1. The highest BCUT2D eigenvalue weighted by Gasteiger charge is 2.35. The van der Waals surface area contributed by atoms with Crippen LogP contribution in [0.3, 0.4) is 0 Å². The number of amides is 2. The molecule has 0 aromatic rings. The summed E-state index contributed by atoms with van der Waals surface area (Å²) in [6.45, 7) is 7.36. The van der Waals surface area contributed by atoms with Gasteiger partial charge in [0.05, 0.1) is 6.04 Å². The van der Waals surface area contributed by atoms with E-state index in [1.807, 2.05) is 16.8 Å². The largest absolute Gasteiger partial charge is 0.323 e. The number of hydrogen-bond donors (Lipinski definition) is 1. The Bertz CT molecular complexity index is 287. The van der Waals surface area contributed by atoms with Gasteiger partial charge in [-0.15, -0.1) is 0 Å². The number of nitrogens with zero attached hydrogens (tertiary/aromatic N) is 2. The van der Waals surface area contributed by atoms with Crippen LogP contribution in [-0.4, -0.2) is 54.6 Å². The first kappa shape index (κ1) is 13.7. The van der Waals surface area contributed by atoms with Crippen molar-refractivity contribution in [1.29, 1.82) is 0 Å². The Kier molecular flexibility index (Phi) is 4.49. The van der Waals surface area contributed by atoms with E-state index in [2.05, 4.69) is 19.2 Å². The summed E-state index contributed by atoms with van der Waals surface area (Å²) in [6, 6.07) is 1.13. The first-order chi connectivity index (χ1) is 8.58. The lowest BCUT2D eigenvalue weighted by Crippen LogP contribution is -2.44. The molecule has 2 amide bonds. The van der Waals surface area contributed by atoms with Crippen LogP contribution >= 0.6 is 0 Å². The zero-order valence-electron chi connectivity index (χ0n) is 12.0. The molecule has 2 unspecified atom stereocenters. The van der Waals surface area contributed by atoms with Crippen molar-refractivity contribution in [1.82, 2.24) is 15.1 Å². The van der Waals surface area contributed by atoms with Crippen LogP contribution in [0.4, 0.5) is 4.79 Å². The van der Waals surface area contributed by atoms with E-state index in [-0.39, 0.29) is 6.03 Å². The average Bonchev–Trinajstić information content (AvgIpc) is 2.58. The number of rotatable bonds is 4. The summed E-state index contributed by atoms with van der Waals surface area (Å²) in [5.41, 5.74) is 0. The molecule has 2 atom stereocenters. The van der Waals surface area contributed by atoms with Crippen molar-refractivity contribution in [3.05, 3.63) is 0 Å². The summed E-state index contributed by atoms with van der Waals surface area (Å²) in [4.78, 5) is 16.2. The van der Waals surface area contributed by atoms with Gasteiger partial charge in [-0.05, 0) is 31.7 Å². The lowest BCUT2D eigenvalue weighted by atomic mass is 10.0. The second kappa shape index (κ2) is 5.91. The molecule has 1 N–H and O–H groups in total. The number of likely N-dealkylation sites (N-methyl/N-ethyl adjacent to an activating group) is 1. The molecular weight excluding hydrogens is 226 g/mol. The van der Waals surface area contributed by atoms with E-state index < -0.39 is 0 Å². The average molecular weight is 253 g/mol. The van der Waals surface area contributed by atoms with E-state index in [1.165, 1.54) is 19.3 Å². The van der Waals surface area contributed by atoms with Crippen LogP contribution in [0.15, 0.2) is 0 Å². The maximum atomic E-state index is 12.2. The Labute approximate surface area is 111 Å². The highest BCUT2D eigenvalue weighted by Crippen LogP contribution is 2.21. The van der Waals surface area contributed by atoms with E-state index in [9.17, 15) is 4.79 Å². The lowest BCUT2D eigenvalue weighted by molar-refractivity contribution is 0.188. The van der Waals surface area contributed by atoms with Gasteiger partial charge in [0.1, 0.15) is 0 Å². The van der Waals surface area contributed by atoms with Gasteiger partial charge in [-0.25, -0.2) is 4.79 Å². The smallest absolute Gasteiger partial charge is 0.320 e. The second-order valence-electron chi connectivity index (χ2n) is 6.23. The Morgan fingerprint density at radius 1 is 1.39 bits per heavy atom. The SMILES string of the molecule is CC(C)CC1CN(CC2CCCCN2)C(=O)N1C. The van der Waals surface area contributed by atoms with Gasteiger partial charge < -0.3 is 15.1 Å². The van der Waals surface area contributed by atoms with Crippen LogP contribution in [0.25, 0.3) is 0 Å². The van der Waals surface area contributed by atoms with Crippen molar-refractivity contribution < 1.29 is 4.79 Å². The van der Waals surface area contributed by atoms with Crippen LogP contribution < -0.4 is 5.32 Å². The molecule has 4 nitrogen and oxygen atoms in total. The molecular formula is C14H27N3O. The Morgan fingerprint density at radius 2 is 2.17 bits per heavy atom. The Hall–Kier alpha value is -0.770. The van der Waals surface area contributed by atoms with E-state index in [1.54, 1.807) is 0 Å². The van der Waals surface area contributed by atoms with Gasteiger partial charge in [-0.3, -0.25) is 0 Å². The number of hydrogen-bond acceptors (Lipinski definition) is 2. The van der Waals surface area contributed by atoms with Crippen molar-refractivity contribution in [3.8, 4) is 0 Å². The Morgan fingerprint density at radius 3 is 2.78 bits per heavy atom. The molecule has 104 valence electrons. The van der Waals surface area contributed by atoms with Gasteiger partial charge in [-0.1, -0.05) is 20.3 Å². The molecule has 0 spiro atoms. The van der Waals surface area contributed by atoms with Crippen LogP contribution in [0, 0.1) is 5.92 Å². The highest BCUT2D eigenvalue weighted by atomic mass is 16.2. The van der Waals surface area contributed by atoms with Crippen molar-refractivity contribution in [2.24, 2.45) is 5.92 Å². The lowest BCUT2D eigenvalue weighted by Gasteiger charge is -2.27. The summed E-state index contributed by atoms with van der Waals surface area (Å²) in [5, 5.41) is 3.52. The summed E-state index contributed by atoms with van der Waals surface area (Å²) in [7, 11) is 1.95. The number of piperidine rings is 1. The second-order valence-corrected chi connectivity index (χ2v) is 6.23. The summed E-state index contributed by atoms with van der Waals surface area (Å²) >= 11 is 0. The van der Waals surface area contributed by atoms with E-state index >= 15 is 0 Å². The molecule has 2 saturated heterocycles. The molecule has 0 aromatic heterocycles. The maximum absolute atomic E-state index is 12.2. The molecule has 2 aliphatic heterocycles. The van der Waals surface area contributed by atoms with Crippen molar-refractivity contribution in [2.75, 3.05) is 26.7 Å². The molecule has 2 heterocycles. The number of carbonyl (C=O) groups excluding carboxylic acids is 1. The minimum Gasteiger partial charge on any atom is -0.323 e. The molecule has 0 saturated carbocycles. The molecule has 0 radical (unpaired) electrons. The fourth-order valence-electron chi connectivity index (χ4n) is 3.11. The number of carbonyl (C=O) groups is 1. The van der Waals surface area contributed by atoms with E-state index in [4.69, 9.17) is 0 Å². The fourth-order valence-corrected chi connectivity index (χ4v) is 3.11. The molecule has 4 heteroatoms. The molecule has 0 aromatic carbocycles. The molecule has 2 rings (SSSR count). The third kappa shape index (κ3) is 3.16. The van der Waals surface area contributed by atoms with E-state index in [0.717, 1.165) is 26.1 Å². The monoisotopic (exact) mass is 253 g/mol. The Balaban J connectivity index is 1.87. The normalized spacial score (nSPS) is 29.4. The van der Waals surface area contributed by atoms with Crippen molar-refractivity contribution in [2.45, 2.75) is 51.6 Å². The van der Waals surface area contributed by atoms with Gasteiger partial charge in [0.15, 0.2) is 0 Å². The first-order valence-corrected chi connectivity index (χ1v) is 7.33. The summed E-state index contributed by atoms with van der Waals surface area (Å²) < 4.78 is 0. The van der Waals surface area contributed by atoms with Crippen LogP contribution in [-0.2, 0) is 0 Å². The number of nitrogens with one attached hydrogen (secondary N) is 1. The van der Waals surface area contributed by atoms with Crippen LogP contribution in [0.5, 0.6) is 0 Å². The standard InChI is InChI=1S/C14H27N3O/c1-11(2)8-13-10-17(14(18)16(13)3)9-12-6-4-5-7-15-12/h11-13,15H,4-10H2,1-3H3. The van der Waals surface area contributed by atoms with Gasteiger partial charge in [0.25, 0.3) is 0 Å². The quantitative estimate of drug-likeness (QED) is 0.831. The van der Waals surface area contributed by atoms with Crippen LogP contribution in [0.1, 0.15) is 39.5 Å². The molecule has 0 bridgehead atoms. The first-order valence-electron chi connectivity index (χ1n) is 7.33. The predicted molar refractivity (Wildman–Crippen MR) is 73.6 cm³/mol. The van der Waals surface area contributed by atoms with Gasteiger partial charge in [0.2, 0.25) is 0 Å². The predicted octanol–water partition coefficient (Wildman–Crippen LogP) is 1.91. The van der Waals surface area contributed by atoms with Crippen LogP contribution in [0.2, 0.25) is 0 Å². The molecule has 2 aliphatic rings. The third-order valence-electron chi connectivity index (χ3n) is 4.15. The minimum atomic E-state index is 0.216. The molecule has 2 fully saturated rings. The summed E-state index contributed by atoms with van der Waals surface area (Å²) in [6.07, 6.45) is 4.89. The zero-order chi connectivity index (χ0) is 13.1. The molecule has 0 aliphatic carbocycles. The third-order valence-corrected chi connectivity index (χ3v) is 4.15. The zero-order valence-corrected chi connectivity index (χ0v) is 12.0. The van der Waals surface area contributed by atoms with Crippen molar-refractivity contribution in [3.63, 3.8) is 0 Å².